The number of allylic oxidation sites excluding steroid dienone is 8. The zero-order valence-electron chi connectivity index (χ0n) is 19.8. The molecule has 199 valence electrons. The smallest absolute Gasteiger partial charge is 0.418 e. The van der Waals surface area contributed by atoms with E-state index in [2.05, 4.69) is 67.5 Å². The molecule has 0 bridgehead atoms. The first-order chi connectivity index (χ1) is 14.3. The van der Waals surface area contributed by atoms with Gasteiger partial charge in [-0.2, -0.15) is 22.3 Å². The molecule has 2 rings (SSSR count). The van der Waals surface area contributed by atoms with Crippen LogP contribution in [0.5, 0.6) is 0 Å². The number of halogens is 12. The minimum Gasteiger partial charge on any atom is -0.418 e. The van der Waals surface area contributed by atoms with E-state index in [9.17, 15) is 51.8 Å². The second-order valence-electron chi connectivity index (χ2n) is 7.08. The Morgan fingerprint density at radius 2 is 0.618 bits per heavy atom. The molecule has 0 aromatic rings. The van der Waals surface area contributed by atoms with Crippen molar-refractivity contribution >= 4 is 21.8 Å². The summed E-state index contributed by atoms with van der Waals surface area (Å²) in [6.45, 7) is 17.3. The Balaban J connectivity index is -0.000000170. The number of hydrogen-bond donors (Lipinski definition) is 0. The van der Waals surface area contributed by atoms with E-state index in [0.717, 1.165) is 0 Å². The predicted molar refractivity (Wildman–Crippen MR) is 110 cm³/mol. The van der Waals surface area contributed by atoms with Gasteiger partial charge in [-0.05, 0) is 0 Å². The Hall–Kier alpha value is -1.17. The largest absolute Gasteiger partial charge is 5.00 e. The quantitative estimate of drug-likeness (QED) is 0.158. The second kappa shape index (κ2) is 16.5. The molecule has 2 aliphatic rings. The topological polar surface area (TPSA) is 0 Å². The first kappa shape index (κ1) is 40.0. The van der Waals surface area contributed by atoms with E-state index in [1.54, 1.807) is 0 Å². The first-order valence-electron chi connectivity index (χ1n) is 9.43. The van der Waals surface area contributed by atoms with E-state index in [0.29, 0.717) is 11.8 Å². The van der Waals surface area contributed by atoms with E-state index in [1.807, 2.05) is 0 Å². The Bertz CT molecular complexity index is 641. The van der Waals surface area contributed by atoms with Gasteiger partial charge in [0.05, 0.1) is 0 Å². The number of rotatable bonds is 0. The van der Waals surface area contributed by atoms with E-state index >= 15 is 0 Å². The van der Waals surface area contributed by atoms with Crippen LogP contribution in [-0.2, 0) is 17.1 Å². The summed E-state index contributed by atoms with van der Waals surface area (Å²) in [6, 6.07) is 0. The summed E-state index contributed by atoms with van der Waals surface area (Å²) in [4.78, 5) is 0. The van der Waals surface area contributed by atoms with Crippen molar-refractivity contribution in [3.63, 3.8) is 0 Å². The predicted octanol–water partition coefficient (Wildman–Crippen LogP) is 9.34. The van der Waals surface area contributed by atoms with Crippen LogP contribution in [-0.4, -0.2) is 21.8 Å². The van der Waals surface area contributed by atoms with Gasteiger partial charge in [-0.25, -0.2) is 11.1 Å². The normalized spacial score (nSPS) is 19.6. The van der Waals surface area contributed by atoms with Crippen molar-refractivity contribution in [2.24, 2.45) is 11.8 Å². The van der Waals surface area contributed by atoms with Crippen molar-refractivity contribution in [2.45, 2.75) is 55.4 Å². The maximum atomic E-state index is 9.75. The molecule has 0 fully saturated rings. The molecule has 16 heteroatoms. The molecule has 0 aromatic heterocycles. The van der Waals surface area contributed by atoms with Gasteiger partial charge >= 0.3 is 38.8 Å². The Morgan fingerprint density at radius 1 is 0.471 bits per heavy atom. The summed E-state index contributed by atoms with van der Waals surface area (Å²) in [5, 5.41) is 0. The third-order valence-electron chi connectivity index (χ3n) is 4.47. The Labute approximate surface area is 203 Å². The third-order valence-corrected chi connectivity index (χ3v) is 4.47. The monoisotopic (exact) mass is 559 g/mol. The second-order valence-corrected chi connectivity index (χ2v) is 7.08. The summed E-state index contributed by atoms with van der Waals surface area (Å²) >= 11 is 0. The van der Waals surface area contributed by atoms with E-state index in [-0.39, 0.29) is 17.1 Å². The van der Waals surface area contributed by atoms with Crippen LogP contribution < -0.4 is 0 Å². The van der Waals surface area contributed by atoms with Crippen molar-refractivity contribution in [3.05, 3.63) is 45.6 Å². The molecule has 2 unspecified atom stereocenters. The average molecular weight is 559 g/mol. The van der Waals surface area contributed by atoms with E-state index in [1.165, 1.54) is 33.4 Å². The summed E-state index contributed by atoms with van der Waals surface area (Å²) in [5.41, 5.74) is 8.49. The van der Waals surface area contributed by atoms with Gasteiger partial charge in [0.15, 0.2) is 0 Å². The minimum absolute atomic E-state index is 0. The van der Waals surface area contributed by atoms with Crippen molar-refractivity contribution in [3.8, 4) is 0 Å². The maximum absolute atomic E-state index is 9.75. The molecule has 2 aliphatic carbocycles. The van der Waals surface area contributed by atoms with Crippen LogP contribution in [0.2, 0.25) is 0 Å². The molecule has 0 nitrogen and oxygen atoms in total. The molecular formula is C18H26B3F12Fe. The fourth-order valence-corrected chi connectivity index (χ4v) is 2.32. The van der Waals surface area contributed by atoms with Crippen LogP contribution in [0, 0.1) is 24.0 Å². The van der Waals surface area contributed by atoms with Crippen LogP contribution >= 0.6 is 0 Å². The molecule has 0 aromatic carbocycles. The average Bonchev–Trinajstić information content (AvgIpc) is 2.87. The van der Waals surface area contributed by atoms with Gasteiger partial charge in [-0.3, -0.25) is 12.2 Å². The maximum Gasteiger partial charge on any atom is 5.00 e. The summed E-state index contributed by atoms with van der Waals surface area (Å²) < 4.78 is 117. The molecule has 0 saturated carbocycles. The zero-order chi connectivity index (χ0) is 27.5. The molecule has 0 heterocycles. The first-order valence-corrected chi connectivity index (χ1v) is 9.43. The molecule has 2 atom stereocenters. The Kier molecular flexibility index (Phi) is 19.4. The van der Waals surface area contributed by atoms with Crippen molar-refractivity contribution in [2.75, 3.05) is 0 Å². The standard InChI is InChI=1S/2C9H13.3BF4.Fe/c2*1-6-5-7(2)9(4)8(6)3;3*2-1(3,4)5;/h2*6H,1-4H3;;;;/q5*-1;+5. The third kappa shape index (κ3) is 28.9. The summed E-state index contributed by atoms with van der Waals surface area (Å²) in [5.74, 6) is 1.12. The van der Waals surface area contributed by atoms with Crippen LogP contribution in [0.3, 0.4) is 0 Å². The van der Waals surface area contributed by atoms with Gasteiger partial charge < -0.3 is 51.8 Å². The van der Waals surface area contributed by atoms with Crippen LogP contribution in [0.25, 0.3) is 0 Å². The SMILES string of the molecule is CC1=[C-]C(C)C(C)=C1C.CC1=[C-]C(C)C(C)=C1C.F[B-](F)(F)F.F[B-](F)(F)F.F[B-](F)(F)F.[Fe+5]. The van der Waals surface area contributed by atoms with E-state index in [4.69, 9.17) is 0 Å². The Morgan fingerprint density at radius 3 is 0.647 bits per heavy atom. The van der Waals surface area contributed by atoms with Crippen molar-refractivity contribution < 1.29 is 68.9 Å². The van der Waals surface area contributed by atoms with Gasteiger partial charge in [0.25, 0.3) is 0 Å². The van der Waals surface area contributed by atoms with Crippen molar-refractivity contribution in [1.29, 1.82) is 0 Å². The molecular weight excluding hydrogens is 532 g/mol. The van der Waals surface area contributed by atoms with Gasteiger partial charge in [0.1, 0.15) is 0 Å². The minimum atomic E-state index is -6.00. The van der Waals surface area contributed by atoms with Crippen molar-refractivity contribution in [1.82, 2.24) is 0 Å². The van der Waals surface area contributed by atoms with Crippen LogP contribution in [0.4, 0.5) is 51.8 Å². The molecule has 0 amide bonds. The van der Waals surface area contributed by atoms with Crippen LogP contribution in [0.15, 0.2) is 33.4 Å². The molecule has 0 saturated heterocycles. The molecule has 34 heavy (non-hydrogen) atoms. The summed E-state index contributed by atoms with van der Waals surface area (Å²) in [7, 11) is -18.0. The fourth-order valence-electron chi connectivity index (χ4n) is 2.32. The molecule has 0 spiro atoms. The van der Waals surface area contributed by atoms with Gasteiger partial charge in [0, 0.05) is 0 Å². The number of hydrogen-bond acceptors (Lipinski definition) is 0. The van der Waals surface area contributed by atoms with Gasteiger partial charge in [-0.1, -0.05) is 53.4 Å². The molecule has 0 aliphatic heterocycles. The van der Waals surface area contributed by atoms with E-state index < -0.39 is 21.8 Å². The summed E-state index contributed by atoms with van der Waals surface area (Å²) in [6.07, 6.45) is 6.72. The zero-order valence-corrected chi connectivity index (χ0v) is 20.9. The van der Waals surface area contributed by atoms with Crippen LogP contribution in [0.1, 0.15) is 55.4 Å². The molecule has 1 radical (unpaired) electrons. The fraction of sp³-hybridized carbons (Fsp3) is 0.556. The van der Waals surface area contributed by atoms with Gasteiger partial charge in [0.2, 0.25) is 0 Å². The molecule has 0 N–H and O–H groups in total. The van der Waals surface area contributed by atoms with Gasteiger partial charge in [-0.15, -0.1) is 13.8 Å².